The Hall–Kier alpha value is -4.19. The number of carbonyl (C=O) groups excluding carboxylic acids is 1. The summed E-state index contributed by atoms with van der Waals surface area (Å²) >= 11 is 1.09. The van der Waals surface area contributed by atoms with Crippen molar-refractivity contribution < 1.29 is 9.72 Å². The standard InChI is InChI=1S/C20H20N8O3S/c1-14(7-8-15-5-3-2-4-6-15)23-24-19-25-26-20(27(19)21)32-13-18(29)22-16-9-11-17(12-10-16)28(30)31/h2-12H,13,21H2,1H3,(H,22,29)(H,24,25)/b8-7+,23-14+. The summed E-state index contributed by atoms with van der Waals surface area (Å²) in [4.78, 5) is 22.3. The molecule has 1 amide bonds. The van der Waals surface area contributed by atoms with Crippen LogP contribution < -0.4 is 16.6 Å². The van der Waals surface area contributed by atoms with Gasteiger partial charge in [0.2, 0.25) is 11.1 Å². The minimum Gasteiger partial charge on any atom is -0.334 e. The zero-order chi connectivity index (χ0) is 22.9. The molecule has 12 heteroatoms. The molecule has 0 bridgehead atoms. The number of nitrogens with two attached hydrogens (primary N) is 1. The lowest BCUT2D eigenvalue weighted by Crippen LogP contribution is -2.17. The molecule has 11 nitrogen and oxygen atoms in total. The maximum Gasteiger partial charge on any atom is 0.269 e. The highest BCUT2D eigenvalue weighted by Gasteiger charge is 2.12. The summed E-state index contributed by atoms with van der Waals surface area (Å²) in [6.07, 6.45) is 3.77. The second-order valence-electron chi connectivity index (χ2n) is 6.43. The number of allylic oxidation sites excluding steroid dienone is 1. The first-order valence-electron chi connectivity index (χ1n) is 9.33. The van der Waals surface area contributed by atoms with Crippen molar-refractivity contribution >= 4 is 46.8 Å². The number of nitro benzene ring substituents is 1. The minimum absolute atomic E-state index is 0.0223. The molecule has 164 valence electrons. The molecule has 4 N–H and O–H groups in total. The molecule has 3 rings (SSSR count). The Bertz CT molecular complexity index is 1140. The van der Waals surface area contributed by atoms with Gasteiger partial charge in [-0.3, -0.25) is 14.9 Å². The topological polar surface area (TPSA) is 153 Å². The van der Waals surface area contributed by atoms with E-state index in [4.69, 9.17) is 5.84 Å². The molecule has 1 aromatic heterocycles. The van der Waals surface area contributed by atoms with E-state index < -0.39 is 4.92 Å². The molecule has 1 heterocycles. The van der Waals surface area contributed by atoms with Crippen LogP contribution >= 0.6 is 11.8 Å². The van der Waals surface area contributed by atoms with Crippen LogP contribution in [0.25, 0.3) is 6.08 Å². The van der Waals surface area contributed by atoms with Gasteiger partial charge in [0, 0.05) is 17.8 Å². The summed E-state index contributed by atoms with van der Waals surface area (Å²) in [6.45, 7) is 1.82. The third kappa shape index (κ3) is 6.40. The summed E-state index contributed by atoms with van der Waals surface area (Å²) in [5, 5.41) is 25.7. The van der Waals surface area contributed by atoms with Crippen LogP contribution in [-0.4, -0.2) is 37.2 Å². The van der Waals surface area contributed by atoms with Gasteiger partial charge in [-0.05, 0) is 30.7 Å². The van der Waals surface area contributed by atoms with Gasteiger partial charge in [-0.15, -0.1) is 10.2 Å². The normalized spacial score (nSPS) is 11.5. The Morgan fingerprint density at radius 3 is 2.62 bits per heavy atom. The molecule has 0 saturated heterocycles. The Labute approximate surface area is 187 Å². The summed E-state index contributed by atoms with van der Waals surface area (Å²) in [6, 6.07) is 15.4. The molecule has 0 saturated carbocycles. The molecule has 2 aromatic carbocycles. The van der Waals surface area contributed by atoms with Crippen LogP contribution in [0.5, 0.6) is 0 Å². The number of aromatic nitrogens is 3. The van der Waals surface area contributed by atoms with Gasteiger partial charge in [0.15, 0.2) is 0 Å². The maximum atomic E-state index is 12.1. The smallest absolute Gasteiger partial charge is 0.269 e. The summed E-state index contributed by atoms with van der Waals surface area (Å²) in [5.74, 6) is 5.89. The predicted octanol–water partition coefficient (Wildman–Crippen LogP) is 3.13. The van der Waals surface area contributed by atoms with Crippen molar-refractivity contribution in [1.29, 1.82) is 0 Å². The number of benzene rings is 2. The average Bonchev–Trinajstić information content (AvgIpc) is 3.15. The zero-order valence-electron chi connectivity index (χ0n) is 17.0. The fraction of sp³-hybridized carbons (Fsp3) is 0.100. The number of hydrazone groups is 1. The van der Waals surface area contributed by atoms with Gasteiger partial charge in [-0.1, -0.05) is 48.2 Å². The van der Waals surface area contributed by atoms with E-state index in [0.29, 0.717) is 16.6 Å². The van der Waals surface area contributed by atoms with E-state index in [-0.39, 0.29) is 23.3 Å². The molecule has 0 aliphatic rings. The number of nitro groups is 1. The summed E-state index contributed by atoms with van der Waals surface area (Å²) in [5.41, 5.74) is 4.89. The van der Waals surface area contributed by atoms with Crippen molar-refractivity contribution in [2.24, 2.45) is 5.10 Å². The van der Waals surface area contributed by atoms with Gasteiger partial charge < -0.3 is 11.2 Å². The van der Waals surface area contributed by atoms with Crippen molar-refractivity contribution in [3.8, 4) is 0 Å². The second kappa shape index (κ2) is 10.7. The monoisotopic (exact) mass is 452 g/mol. The number of carbonyl (C=O) groups is 1. The lowest BCUT2D eigenvalue weighted by Gasteiger charge is -2.05. The van der Waals surface area contributed by atoms with Crippen LogP contribution in [0.1, 0.15) is 12.5 Å². The number of anilines is 2. The van der Waals surface area contributed by atoms with Gasteiger partial charge in [0.1, 0.15) is 0 Å². The van der Waals surface area contributed by atoms with Gasteiger partial charge in [-0.2, -0.15) is 5.10 Å². The summed E-state index contributed by atoms with van der Waals surface area (Å²) in [7, 11) is 0. The molecule has 32 heavy (non-hydrogen) atoms. The van der Waals surface area contributed by atoms with Gasteiger partial charge >= 0.3 is 0 Å². The van der Waals surface area contributed by atoms with Crippen molar-refractivity contribution in [1.82, 2.24) is 14.9 Å². The molecule has 0 radical (unpaired) electrons. The number of amides is 1. The van der Waals surface area contributed by atoms with Crippen molar-refractivity contribution in [3.05, 3.63) is 76.4 Å². The first-order chi connectivity index (χ1) is 15.4. The number of thioether (sulfide) groups is 1. The molecular weight excluding hydrogens is 432 g/mol. The Kier molecular flexibility index (Phi) is 7.54. The Balaban J connectivity index is 1.51. The second-order valence-corrected chi connectivity index (χ2v) is 7.37. The number of nitrogen functional groups attached to an aromatic ring is 1. The van der Waals surface area contributed by atoms with Gasteiger partial charge in [0.05, 0.1) is 16.4 Å². The first kappa shape index (κ1) is 22.5. The Morgan fingerprint density at radius 1 is 1.22 bits per heavy atom. The SMILES string of the molecule is CC(/C=C/c1ccccc1)=N\Nc1nnc(SCC(=O)Nc2ccc([N+](=O)[O-])cc2)n1N. The maximum absolute atomic E-state index is 12.1. The molecule has 0 aliphatic carbocycles. The number of hydrogen-bond donors (Lipinski definition) is 3. The van der Waals surface area contributed by atoms with E-state index in [0.717, 1.165) is 17.3 Å². The minimum atomic E-state index is -0.508. The van der Waals surface area contributed by atoms with Crippen LogP contribution in [-0.2, 0) is 4.79 Å². The highest BCUT2D eigenvalue weighted by atomic mass is 32.2. The van der Waals surface area contributed by atoms with Gasteiger partial charge in [-0.25, -0.2) is 10.1 Å². The molecule has 0 unspecified atom stereocenters. The van der Waals surface area contributed by atoms with Crippen molar-refractivity contribution in [3.63, 3.8) is 0 Å². The van der Waals surface area contributed by atoms with E-state index in [1.165, 1.54) is 28.9 Å². The van der Waals surface area contributed by atoms with Crippen molar-refractivity contribution in [2.75, 3.05) is 22.3 Å². The number of non-ortho nitro benzene ring substituents is 1. The molecule has 3 aromatic rings. The molecular formula is C20H20N8O3S. The van der Waals surface area contributed by atoms with E-state index in [9.17, 15) is 14.9 Å². The predicted molar refractivity (Wildman–Crippen MR) is 125 cm³/mol. The highest BCUT2D eigenvalue weighted by Crippen LogP contribution is 2.19. The third-order valence-corrected chi connectivity index (χ3v) is 4.95. The highest BCUT2D eigenvalue weighted by molar-refractivity contribution is 7.99. The zero-order valence-corrected chi connectivity index (χ0v) is 17.8. The van der Waals surface area contributed by atoms with Crippen LogP contribution in [0.3, 0.4) is 0 Å². The number of hydrogen-bond acceptors (Lipinski definition) is 9. The Morgan fingerprint density at radius 2 is 1.94 bits per heavy atom. The van der Waals surface area contributed by atoms with E-state index >= 15 is 0 Å². The van der Waals surface area contributed by atoms with Gasteiger partial charge in [0.25, 0.3) is 11.6 Å². The molecule has 0 spiro atoms. The van der Waals surface area contributed by atoms with E-state index in [2.05, 4.69) is 26.0 Å². The summed E-state index contributed by atoms with van der Waals surface area (Å²) < 4.78 is 1.20. The van der Waals surface area contributed by atoms with Crippen LogP contribution in [0.15, 0.2) is 70.9 Å². The lowest BCUT2D eigenvalue weighted by molar-refractivity contribution is -0.384. The third-order valence-electron chi connectivity index (χ3n) is 4.01. The van der Waals surface area contributed by atoms with Crippen molar-refractivity contribution in [2.45, 2.75) is 12.1 Å². The molecule has 0 fully saturated rings. The quantitative estimate of drug-likeness (QED) is 0.147. The van der Waals surface area contributed by atoms with E-state index in [1.807, 2.05) is 49.4 Å². The van der Waals surface area contributed by atoms with Crippen LogP contribution in [0.4, 0.5) is 17.3 Å². The molecule has 0 atom stereocenters. The van der Waals surface area contributed by atoms with Crippen LogP contribution in [0.2, 0.25) is 0 Å². The fourth-order valence-corrected chi connectivity index (χ4v) is 3.06. The molecule has 0 aliphatic heterocycles. The number of rotatable bonds is 9. The van der Waals surface area contributed by atoms with E-state index in [1.54, 1.807) is 0 Å². The first-order valence-corrected chi connectivity index (χ1v) is 10.3. The largest absolute Gasteiger partial charge is 0.334 e. The number of nitrogens with zero attached hydrogens (tertiary/aromatic N) is 5. The fourth-order valence-electron chi connectivity index (χ4n) is 2.40. The average molecular weight is 453 g/mol. The van der Waals surface area contributed by atoms with Crippen LogP contribution in [0, 0.1) is 10.1 Å². The number of nitrogens with one attached hydrogen (secondary N) is 2. The lowest BCUT2D eigenvalue weighted by atomic mass is 10.2.